The first kappa shape index (κ1) is 28.0. The molecule has 204 valence electrons. The zero-order chi connectivity index (χ0) is 27.7. The number of ketones is 1. The van der Waals surface area contributed by atoms with Crippen molar-refractivity contribution in [3.05, 3.63) is 85.2 Å². The van der Waals surface area contributed by atoms with Crippen LogP contribution in [-0.2, 0) is 27.1 Å². The monoisotopic (exact) mass is 549 g/mol. The van der Waals surface area contributed by atoms with Gasteiger partial charge in [0.2, 0.25) is 5.95 Å². The van der Waals surface area contributed by atoms with Gasteiger partial charge in [-0.15, -0.1) is 6.58 Å². The number of hydrogen-bond donors (Lipinski definition) is 3. The molecule has 39 heavy (non-hydrogen) atoms. The van der Waals surface area contributed by atoms with Crippen LogP contribution in [0.25, 0.3) is 11.2 Å². The number of Topliss-reactive ketones (excluding diaryl/α,β-unsaturated/α-hetero) is 1. The van der Waals surface area contributed by atoms with Gasteiger partial charge in [0, 0.05) is 13.1 Å². The maximum Gasteiger partial charge on any atom is 0.342 e. The molecular formula is C27H32N7O4P. The Morgan fingerprint density at radius 1 is 1.15 bits per heavy atom. The number of benzene rings is 2. The molecule has 11 nitrogen and oxygen atoms in total. The number of nitrogens with two attached hydrogens (primary N) is 1. The minimum Gasteiger partial charge on any atom is -0.431 e. The molecule has 0 spiro atoms. The summed E-state index contributed by atoms with van der Waals surface area (Å²) in [5.41, 5.74) is 7.93. The molecule has 0 radical (unpaired) electrons. The molecule has 0 aliphatic heterocycles. The first-order valence-corrected chi connectivity index (χ1v) is 14.2. The van der Waals surface area contributed by atoms with E-state index in [0.29, 0.717) is 42.2 Å². The number of rotatable bonds is 15. The summed E-state index contributed by atoms with van der Waals surface area (Å²) in [6.07, 6.45) is 3.43. The maximum absolute atomic E-state index is 14.0. The maximum atomic E-state index is 14.0. The average Bonchev–Trinajstić information content (AvgIpc) is 3.33. The van der Waals surface area contributed by atoms with Crippen LogP contribution in [0.15, 0.2) is 79.6 Å². The minimum absolute atomic E-state index is 0.107. The van der Waals surface area contributed by atoms with E-state index in [-0.39, 0.29) is 24.7 Å². The van der Waals surface area contributed by atoms with E-state index in [2.05, 4.69) is 31.9 Å². The number of ether oxygens (including phenoxy) is 1. The first-order valence-electron chi connectivity index (χ1n) is 12.4. The predicted octanol–water partition coefficient (Wildman–Crippen LogP) is 4.04. The van der Waals surface area contributed by atoms with Gasteiger partial charge in [-0.1, -0.05) is 54.6 Å². The highest BCUT2D eigenvalue weighted by atomic mass is 31.2. The van der Waals surface area contributed by atoms with Gasteiger partial charge < -0.3 is 24.9 Å². The standard InChI is InChI=1S/C27H32N7O4P/c1-3-14-29-25-24-26(32-27(28)31-25)34(18-30-24)15-16-37-19-39(36,38-22-12-8-5-9-13-22)33-23(20(2)35)17-21-10-6-4-7-11-21/h3-13,18,23H,1,14-17,19H2,2H3,(H,33,36)(H3,28,29,31,32)/t23-,39?/m0/s1. The number of nitrogen functional groups attached to an aromatic ring is 1. The molecule has 4 aromatic rings. The number of fused-ring (bicyclic) bond motifs is 1. The Labute approximate surface area is 227 Å². The first-order chi connectivity index (χ1) is 18.9. The summed E-state index contributed by atoms with van der Waals surface area (Å²) >= 11 is 0. The smallest absolute Gasteiger partial charge is 0.342 e. The second-order valence-corrected chi connectivity index (χ2v) is 10.9. The van der Waals surface area contributed by atoms with Crippen LogP contribution in [-0.4, -0.2) is 50.8 Å². The Balaban J connectivity index is 1.46. The third-order valence-corrected chi connectivity index (χ3v) is 7.49. The highest BCUT2D eigenvalue weighted by molar-refractivity contribution is 7.57. The summed E-state index contributed by atoms with van der Waals surface area (Å²) in [6.45, 7) is 6.19. The van der Waals surface area contributed by atoms with Crippen LogP contribution in [0, 0.1) is 0 Å². The van der Waals surface area contributed by atoms with E-state index in [1.54, 1.807) is 41.2 Å². The molecule has 4 rings (SSSR count). The second kappa shape index (κ2) is 13.1. The number of carbonyl (C=O) groups is 1. The molecule has 0 saturated heterocycles. The molecule has 0 amide bonds. The van der Waals surface area contributed by atoms with E-state index in [1.165, 1.54) is 6.92 Å². The molecule has 2 aromatic carbocycles. The van der Waals surface area contributed by atoms with Gasteiger partial charge in [-0.25, -0.2) is 10.1 Å². The van der Waals surface area contributed by atoms with Gasteiger partial charge in [0.25, 0.3) is 0 Å². The molecule has 2 atom stereocenters. The molecule has 12 heteroatoms. The highest BCUT2D eigenvalue weighted by Gasteiger charge is 2.31. The van der Waals surface area contributed by atoms with E-state index < -0.39 is 13.6 Å². The van der Waals surface area contributed by atoms with E-state index in [0.717, 1.165) is 5.56 Å². The average molecular weight is 550 g/mol. The molecule has 1 unspecified atom stereocenters. The van der Waals surface area contributed by atoms with Gasteiger partial charge in [-0.3, -0.25) is 9.36 Å². The van der Waals surface area contributed by atoms with Crippen LogP contribution < -0.4 is 20.7 Å². The van der Waals surface area contributed by atoms with Crippen LogP contribution in [0.5, 0.6) is 5.75 Å². The van der Waals surface area contributed by atoms with Gasteiger partial charge in [-0.05, 0) is 31.0 Å². The summed E-state index contributed by atoms with van der Waals surface area (Å²) in [5.74, 6) is 0.871. The van der Waals surface area contributed by atoms with Crippen molar-refractivity contribution in [3.63, 3.8) is 0 Å². The third kappa shape index (κ3) is 7.73. The van der Waals surface area contributed by atoms with E-state index in [1.807, 2.05) is 36.4 Å². The number of imidazole rings is 1. The third-order valence-electron chi connectivity index (χ3n) is 5.75. The summed E-state index contributed by atoms with van der Waals surface area (Å²) in [4.78, 5) is 25.4. The van der Waals surface area contributed by atoms with Crippen LogP contribution in [0.3, 0.4) is 0 Å². The van der Waals surface area contributed by atoms with Crippen LogP contribution in [0.1, 0.15) is 12.5 Å². The molecule has 4 N–H and O–H groups in total. The van der Waals surface area contributed by atoms with Crippen LogP contribution in [0.2, 0.25) is 0 Å². The van der Waals surface area contributed by atoms with Gasteiger partial charge in [-0.2, -0.15) is 9.97 Å². The number of carbonyl (C=O) groups excluding carboxylic acids is 1. The lowest BCUT2D eigenvalue weighted by molar-refractivity contribution is -0.118. The molecule has 0 fully saturated rings. The van der Waals surface area contributed by atoms with Gasteiger partial charge in [0.15, 0.2) is 17.0 Å². The fourth-order valence-corrected chi connectivity index (χ4v) is 5.63. The van der Waals surface area contributed by atoms with Crippen molar-refractivity contribution < 1.29 is 18.6 Å². The molecule has 0 bridgehead atoms. The molecule has 0 aliphatic rings. The topological polar surface area (TPSA) is 146 Å². The predicted molar refractivity (Wildman–Crippen MR) is 152 cm³/mol. The zero-order valence-electron chi connectivity index (χ0n) is 21.7. The van der Waals surface area contributed by atoms with Crippen molar-refractivity contribution in [3.8, 4) is 5.75 Å². The lowest BCUT2D eigenvalue weighted by Crippen LogP contribution is -2.37. The van der Waals surface area contributed by atoms with E-state index in [4.69, 9.17) is 15.0 Å². The van der Waals surface area contributed by atoms with E-state index in [9.17, 15) is 9.36 Å². The van der Waals surface area contributed by atoms with Crippen molar-refractivity contribution in [2.24, 2.45) is 0 Å². The Hall–Kier alpha value is -4.05. The number of aromatic nitrogens is 4. The van der Waals surface area contributed by atoms with E-state index >= 15 is 0 Å². The number of nitrogens with one attached hydrogen (secondary N) is 2. The summed E-state index contributed by atoms with van der Waals surface area (Å²) in [6, 6.07) is 17.6. The fraction of sp³-hybridized carbons (Fsp3) is 0.259. The van der Waals surface area contributed by atoms with Crippen molar-refractivity contribution in [1.82, 2.24) is 24.6 Å². The second-order valence-electron chi connectivity index (χ2n) is 8.81. The number of anilines is 2. The van der Waals surface area contributed by atoms with Crippen LogP contribution in [0.4, 0.5) is 11.8 Å². The molecule has 2 aromatic heterocycles. The van der Waals surface area contributed by atoms with Gasteiger partial charge in [0.05, 0.1) is 19.0 Å². The Bertz CT molecular complexity index is 1450. The van der Waals surface area contributed by atoms with Crippen molar-refractivity contribution >= 4 is 36.2 Å². The van der Waals surface area contributed by atoms with Crippen molar-refractivity contribution in [1.29, 1.82) is 0 Å². The summed E-state index contributed by atoms with van der Waals surface area (Å²) in [7, 11) is -3.65. The summed E-state index contributed by atoms with van der Waals surface area (Å²) in [5, 5.41) is 6.07. The molecule has 0 saturated carbocycles. The Morgan fingerprint density at radius 3 is 2.56 bits per heavy atom. The SMILES string of the molecule is C=CCNc1nc(N)nc2c1ncn2CCOCP(=O)(N[C@@H](Cc1ccccc1)C(C)=O)Oc1ccccc1. The van der Waals surface area contributed by atoms with Crippen molar-refractivity contribution in [2.45, 2.75) is 25.9 Å². The van der Waals surface area contributed by atoms with Crippen molar-refractivity contribution in [2.75, 3.05) is 30.6 Å². The normalized spacial score (nSPS) is 13.5. The highest BCUT2D eigenvalue weighted by Crippen LogP contribution is 2.44. The number of hydrogen-bond acceptors (Lipinski definition) is 9. The van der Waals surface area contributed by atoms with Crippen LogP contribution >= 0.6 is 7.52 Å². The molecular weight excluding hydrogens is 517 g/mol. The fourth-order valence-electron chi connectivity index (χ4n) is 3.87. The minimum atomic E-state index is -3.65. The Kier molecular flexibility index (Phi) is 9.43. The zero-order valence-corrected chi connectivity index (χ0v) is 22.6. The number of para-hydroxylation sites is 1. The van der Waals surface area contributed by atoms with Gasteiger partial charge in [0.1, 0.15) is 17.9 Å². The largest absolute Gasteiger partial charge is 0.431 e. The lowest BCUT2D eigenvalue weighted by Gasteiger charge is -2.25. The quantitative estimate of drug-likeness (QED) is 0.113. The summed E-state index contributed by atoms with van der Waals surface area (Å²) < 4.78 is 27.5. The molecule has 2 heterocycles. The number of nitrogens with zero attached hydrogens (tertiary/aromatic N) is 4. The lowest BCUT2D eigenvalue weighted by atomic mass is 10.0. The molecule has 0 aliphatic carbocycles. The Morgan fingerprint density at radius 2 is 1.87 bits per heavy atom. The van der Waals surface area contributed by atoms with Gasteiger partial charge >= 0.3 is 7.52 Å².